The lowest BCUT2D eigenvalue weighted by atomic mass is 10.2. The molecule has 0 aliphatic carbocycles. The van der Waals surface area contributed by atoms with E-state index >= 15 is 0 Å². The predicted octanol–water partition coefficient (Wildman–Crippen LogP) is -0.843. The molecule has 104 valence electrons. The van der Waals surface area contributed by atoms with E-state index < -0.39 is 0 Å². The molecule has 0 spiro atoms. The molecule has 0 amide bonds. The Hall–Kier alpha value is -1.93. The van der Waals surface area contributed by atoms with Gasteiger partial charge in [0.15, 0.2) is 5.84 Å². The van der Waals surface area contributed by atoms with E-state index in [1.165, 1.54) is 6.20 Å². The minimum absolute atomic E-state index is 0.0106. The Morgan fingerprint density at radius 2 is 2.32 bits per heavy atom. The summed E-state index contributed by atoms with van der Waals surface area (Å²) in [7, 11) is 0. The molecule has 1 aromatic heterocycles. The number of hydrogen-bond acceptors (Lipinski definition) is 7. The van der Waals surface area contributed by atoms with Crippen LogP contribution >= 0.6 is 0 Å². The van der Waals surface area contributed by atoms with E-state index in [2.05, 4.69) is 15.1 Å². The van der Waals surface area contributed by atoms with Gasteiger partial charge in [-0.15, -0.1) is 0 Å². The minimum Gasteiger partial charge on any atom is -0.409 e. The van der Waals surface area contributed by atoms with Gasteiger partial charge in [-0.05, 0) is 6.92 Å². The van der Waals surface area contributed by atoms with Gasteiger partial charge in [-0.3, -0.25) is 0 Å². The second kappa shape index (κ2) is 5.81. The van der Waals surface area contributed by atoms with Crippen molar-refractivity contribution in [1.29, 1.82) is 0 Å². The van der Waals surface area contributed by atoms with Crippen LogP contribution in [0.15, 0.2) is 17.5 Å². The second-order valence-corrected chi connectivity index (χ2v) is 4.40. The number of ether oxygens (including phenoxy) is 1. The average molecular weight is 267 g/mol. The van der Waals surface area contributed by atoms with Crippen LogP contribution in [0.25, 0.3) is 0 Å². The van der Waals surface area contributed by atoms with Gasteiger partial charge in [0.25, 0.3) is 0 Å². The topological polar surface area (TPSA) is 117 Å². The summed E-state index contributed by atoms with van der Waals surface area (Å²) in [5.41, 5.74) is 5.73. The Morgan fingerprint density at radius 3 is 2.89 bits per heavy atom. The third-order valence-corrected chi connectivity index (χ3v) is 2.86. The Bertz CT molecular complexity index is 450. The van der Waals surface area contributed by atoms with Crippen LogP contribution in [0.5, 0.6) is 0 Å². The monoisotopic (exact) mass is 267 g/mol. The van der Waals surface area contributed by atoms with Gasteiger partial charge >= 0.3 is 0 Å². The Morgan fingerprint density at radius 1 is 1.53 bits per heavy atom. The lowest BCUT2D eigenvalue weighted by molar-refractivity contribution is -0.0423. The molecule has 1 saturated heterocycles. The van der Waals surface area contributed by atoms with Crippen LogP contribution in [-0.2, 0) is 4.74 Å². The third kappa shape index (κ3) is 3.09. The standard InChI is InChI=1S/C11H17N5O3/c1-7-4-16(5-8(6-17)19-7)10-3-13-9(2-14-10)11(12)15-18/h2-3,7-8,17-18H,4-6H2,1H3,(H2,12,15). The summed E-state index contributed by atoms with van der Waals surface area (Å²) in [5.74, 6) is 0.589. The fraction of sp³-hybridized carbons (Fsp3) is 0.545. The van der Waals surface area contributed by atoms with Crippen LogP contribution in [0.4, 0.5) is 5.82 Å². The lowest BCUT2D eigenvalue weighted by Gasteiger charge is -2.36. The van der Waals surface area contributed by atoms with E-state index in [0.717, 1.165) is 0 Å². The summed E-state index contributed by atoms with van der Waals surface area (Å²) in [6.07, 6.45) is 2.78. The third-order valence-electron chi connectivity index (χ3n) is 2.86. The fourth-order valence-corrected chi connectivity index (χ4v) is 2.00. The van der Waals surface area contributed by atoms with Crippen molar-refractivity contribution < 1.29 is 15.1 Å². The molecular formula is C11H17N5O3. The summed E-state index contributed by atoms with van der Waals surface area (Å²) in [5, 5.41) is 20.6. The zero-order chi connectivity index (χ0) is 13.8. The van der Waals surface area contributed by atoms with E-state index in [0.29, 0.717) is 24.6 Å². The van der Waals surface area contributed by atoms with Gasteiger partial charge in [0.1, 0.15) is 11.5 Å². The Balaban J connectivity index is 2.13. The first-order valence-electron chi connectivity index (χ1n) is 5.95. The van der Waals surface area contributed by atoms with E-state index in [1.54, 1.807) is 6.20 Å². The number of aliphatic hydroxyl groups excluding tert-OH is 1. The molecule has 1 aliphatic rings. The van der Waals surface area contributed by atoms with Gasteiger partial charge < -0.3 is 25.7 Å². The van der Waals surface area contributed by atoms with Crippen LogP contribution in [0, 0.1) is 0 Å². The van der Waals surface area contributed by atoms with Crippen molar-refractivity contribution in [2.24, 2.45) is 10.9 Å². The lowest BCUT2D eigenvalue weighted by Crippen LogP contribution is -2.48. The van der Waals surface area contributed by atoms with Crippen molar-refractivity contribution >= 4 is 11.7 Å². The minimum atomic E-state index is -0.227. The van der Waals surface area contributed by atoms with Crippen LogP contribution in [0.1, 0.15) is 12.6 Å². The molecular weight excluding hydrogens is 250 g/mol. The second-order valence-electron chi connectivity index (χ2n) is 4.40. The molecule has 0 bridgehead atoms. The summed E-state index contributed by atoms with van der Waals surface area (Å²) < 4.78 is 5.55. The highest BCUT2D eigenvalue weighted by molar-refractivity contribution is 5.94. The first kappa shape index (κ1) is 13.5. The number of anilines is 1. The molecule has 8 heteroatoms. The molecule has 1 fully saturated rings. The molecule has 4 N–H and O–H groups in total. The van der Waals surface area contributed by atoms with E-state index in [9.17, 15) is 5.11 Å². The number of rotatable bonds is 3. The zero-order valence-electron chi connectivity index (χ0n) is 10.6. The Labute approximate surface area is 110 Å². The van der Waals surface area contributed by atoms with Gasteiger partial charge in [-0.2, -0.15) is 0 Å². The molecule has 8 nitrogen and oxygen atoms in total. The highest BCUT2D eigenvalue weighted by Crippen LogP contribution is 2.17. The predicted molar refractivity (Wildman–Crippen MR) is 68.2 cm³/mol. The van der Waals surface area contributed by atoms with Crippen LogP contribution < -0.4 is 10.6 Å². The normalized spacial score (nSPS) is 24.5. The molecule has 1 aromatic rings. The summed E-state index contributed by atoms with van der Waals surface area (Å²) in [6, 6.07) is 0. The van der Waals surface area contributed by atoms with Crippen LogP contribution in [0.3, 0.4) is 0 Å². The first-order valence-corrected chi connectivity index (χ1v) is 5.95. The number of aliphatic hydroxyl groups is 1. The SMILES string of the molecule is CC1CN(c2cnc(C(N)=NO)cn2)CC(CO)O1. The van der Waals surface area contributed by atoms with Crippen LogP contribution in [-0.4, -0.2) is 58.0 Å². The molecule has 2 unspecified atom stereocenters. The van der Waals surface area contributed by atoms with Crippen molar-refractivity contribution in [2.75, 3.05) is 24.6 Å². The molecule has 0 saturated carbocycles. The van der Waals surface area contributed by atoms with Crippen LogP contribution in [0.2, 0.25) is 0 Å². The smallest absolute Gasteiger partial charge is 0.190 e. The van der Waals surface area contributed by atoms with Gasteiger partial charge in [0, 0.05) is 13.1 Å². The molecule has 2 heterocycles. The number of oxime groups is 1. The number of morpholine rings is 1. The molecule has 19 heavy (non-hydrogen) atoms. The summed E-state index contributed by atoms with van der Waals surface area (Å²) in [4.78, 5) is 10.3. The summed E-state index contributed by atoms with van der Waals surface area (Å²) in [6.45, 7) is 3.13. The van der Waals surface area contributed by atoms with Crippen molar-refractivity contribution in [3.05, 3.63) is 18.1 Å². The molecule has 2 rings (SSSR count). The number of amidine groups is 1. The van der Waals surface area contributed by atoms with Gasteiger partial charge in [0.2, 0.25) is 0 Å². The van der Waals surface area contributed by atoms with Gasteiger partial charge in [0.05, 0.1) is 31.2 Å². The fourth-order valence-electron chi connectivity index (χ4n) is 2.00. The maximum absolute atomic E-state index is 9.17. The molecule has 0 aromatic carbocycles. The maximum atomic E-state index is 9.17. The molecule has 2 atom stereocenters. The quantitative estimate of drug-likeness (QED) is 0.283. The van der Waals surface area contributed by atoms with E-state index in [1.807, 2.05) is 11.8 Å². The summed E-state index contributed by atoms with van der Waals surface area (Å²) >= 11 is 0. The molecule has 0 radical (unpaired) electrons. The van der Waals surface area contributed by atoms with Crippen molar-refractivity contribution in [3.63, 3.8) is 0 Å². The zero-order valence-corrected chi connectivity index (χ0v) is 10.6. The van der Waals surface area contributed by atoms with Gasteiger partial charge in [-0.1, -0.05) is 5.16 Å². The van der Waals surface area contributed by atoms with Crippen molar-refractivity contribution in [2.45, 2.75) is 19.1 Å². The highest BCUT2D eigenvalue weighted by Gasteiger charge is 2.25. The van der Waals surface area contributed by atoms with E-state index in [-0.39, 0.29) is 24.7 Å². The van der Waals surface area contributed by atoms with Crippen molar-refractivity contribution in [1.82, 2.24) is 9.97 Å². The van der Waals surface area contributed by atoms with Crippen molar-refractivity contribution in [3.8, 4) is 0 Å². The maximum Gasteiger partial charge on any atom is 0.190 e. The molecule has 1 aliphatic heterocycles. The Kier molecular flexibility index (Phi) is 4.13. The average Bonchev–Trinajstić information content (AvgIpc) is 2.46. The largest absolute Gasteiger partial charge is 0.409 e. The number of aromatic nitrogens is 2. The highest BCUT2D eigenvalue weighted by atomic mass is 16.5. The number of nitrogens with zero attached hydrogens (tertiary/aromatic N) is 4. The first-order chi connectivity index (χ1) is 9.13. The van der Waals surface area contributed by atoms with Gasteiger partial charge in [-0.25, -0.2) is 9.97 Å². The van der Waals surface area contributed by atoms with E-state index in [4.69, 9.17) is 15.7 Å². The number of hydrogen-bond donors (Lipinski definition) is 3. The number of nitrogens with two attached hydrogens (primary N) is 1.